The van der Waals surface area contributed by atoms with Crippen LogP contribution in [0.15, 0.2) is 53.4 Å². The molecule has 2 aromatic rings. The molecule has 0 aromatic heterocycles. The van der Waals surface area contributed by atoms with E-state index in [0.717, 1.165) is 51.7 Å². The van der Waals surface area contributed by atoms with Gasteiger partial charge in [-0.2, -0.15) is 0 Å². The number of thioether (sulfide) groups is 1. The monoisotopic (exact) mass is 357 g/mol. The highest BCUT2D eigenvalue weighted by Gasteiger charge is 2.04. The van der Waals surface area contributed by atoms with Gasteiger partial charge in [0.2, 0.25) is 0 Å². The van der Waals surface area contributed by atoms with E-state index in [1.807, 2.05) is 11.8 Å². The van der Waals surface area contributed by atoms with E-state index >= 15 is 0 Å². The van der Waals surface area contributed by atoms with Crippen molar-refractivity contribution in [2.24, 2.45) is 0 Å². The maximum Gasteiger partial charge on any atom is 0.0591 e. The molecular weight excluding hydrogens is 330 g/mol. The molecule has 0 fully saturated rings. The summed E-state index contributed by atoms with van der Waals surface area (Å²) >= 11 is 1.91. The van der Waals surface area contributed by atoms with E-state index in [1.54, 1.807) is 0 Å². The summed E-state index contributed by atoms with van der Waals surface area (Å²) in [5, 5.41) is 10.5. The number of anilines is 1. The van der Waals surface area contributed by atoms with Crippen molar-refractivity contribution in [2.45, 2.75) is 18.0 Å². The maximum absolute atomic E-state index is 5.69. The smallest absolute Gasteiger partial charge is 0.0591 e. The van der Waals surface area contributed by atoms with Crippen molar-refractivity contribution in [1.82, 2.24) is 10.6 Å². The van der Waals surface area contributed by atoms with Gasteiger partial charge in [-0.15, -0.1) is 11.8 Å². The first-order valence-corrected chi connectivity index (χ1v) is 9.94. The average Bonchev–Trinajstić information content (AvgIpc) is 2.65. The lowest BCUT2D eigenvalue weighted by atomic mass is 10.1. The summed E-state index contributed by atoms with van der Waals surface area (Å²) in [6.45, 7) is 5.93. The van der Waals surface area contributed by atoms with E-state index in [-0.39, 0.29) is 0 Å². The van der Waals surface area contributed by atoms with Gasteiger partial charge in [0.05, 0.1) is 13.2 Å². The van der Waals surface area contributed by atoms with Crippen LogP contribution in [0.1, 0.15) is 11.1 Å². The predicted octanol–water partition coefficient (Wildman–Crippen LogP) is 3.10. The molecule has 0 amide bonds. The fourth-order valence-electron chi connectivity index (χ4n) is 2.82. The van der Waals surface area contributed by atoms with Gasteiger partial charge in [-0.05, 0) is 23.3 Å². The molecule has 0 aliphatic carbocycles. The van der Waals surface area contributed by atoms with Crippen molar-refractivity contribution in [3.63, 3.8) is 0 Å². The van der Waals surface area contributed by atoms with Crippen molar-refractivity contribution >= 4 is 17.4 Å². The Morgan fingerprint density at radius 3 is 2.28 bits per heavy atom. The molecule has 1 aliphatic heterocycles. The first-order valence-electron chi connectivity index (χ1n) is 8.95. The van der Waals surface area contributed by atoms with Gasteiger partial charge >= 0.3 is 0 Å². The quantitative estimate of drug-likeness (QED) is 0.676. The summed E-state index contributed by atoms with van der Waals surface area (Å²) in [5.74, 6) is 1.04. The normalized spacial score (nSPS) is 17.6. The zero-order valence-corrected chi connectivity index (χ0v) is 15.4. The molecule has 25 heavy (non-hydrogen) atoms. The third-order valence-corrected chi connectivity index (χ3v) is 5.26. The summed E-state index contributed by atoms with van der Waals surface area (Å²) in [4.78, 5) is 1.36. The van der Waals surface area contributed by atoms with Gasteiger partial charge in [0.1, 0.15) is 0 Å². The van der Waals surface area contributed by atoms with Crippen LogP contribution in [-0.4, -0.2) is 38.6 Å². The molecule has 1 heterocycles. The van der Waals surface area contributed by atoms with E-state index in [0.29, 0.717) is 0 Å². The fourth-order valence-corrected chi connectivity index (χ4v) is 3.75. The molecule has 2 aromatic carbocycles. The van der Waals surface area contributed by atoms with E-state index in [2.05, 4.69) is 64.5 Å². The topological polar surface area (TPSA) is 45.3 Å². The first kappa shape index (κ1) is 18.3. The fraction of sp³-hybridized carbons (Fsp3) is 0.400. The van der Waals surface area contributed by atoms with E-state index < -0.39 is 0 Å². The molecule has 0 unspecified atom stereocenters. The third kappa shape index (κ3) is 6.04. The lowest BCUT2D eigenvalue weighted by Crippen LogP contribution is -2.23. The molecule has 0 radical (unpaired) electrons. The minimum Gasteiger partial charge on any atom is -0.384 e. The second kappa shape index (κ2) is 10.5. The molecule has 3 rings (SSSR count). The van der Waals surface area contributed by atoms with Gasteiger partial charge in [0, 0.05) is 49.1 Å². The van der Waals surface area contributed by atoms with Gasteiger partial charge in [-0.25, -0.2) is 0 Å². The predicted molar refractivity (Wildman–Crippen MR) is 106 cm³/mol. The lowest BCUT2D eigenvalue weighted by molar-refractivity contribution is 0.137. The highest BCUT2D eigenvalue weighted by molar-refractivity contribution is 7.99. The Morgan fingerprint density at radius 2 is 1.44 bits per heavy atom. The summed E-state index contributed by atoms with van der Waals surface area (Å²) in [6.07, 6.45) is 0. The summed E-state index contributed by atoms with van der Waals surface area (Å²) in [5.41, 5.74) is 3.88. The SMILES string of the molecule is c1ccc2c(c1)CNCCOCCNCc1ccccc1SCCN2. The molecule has 0 saturated heterocycles. The average molecular weight is 358 g/mol. The summed E-state index contributed by atoms with van der Waals surface area (Å²) in [7, 11) is 0. The molecule has 0 bridgehead atoms. The Hall–Kier alpha value is -1.53. The molecule has 0 saturated carbocycles. The standard InChI is InChI=1S/C20H27N3OS/c1-3-7-19-17(5-1)15-21-9-12-24-13-10-22-16-18-6-2-4-8-20(18)25-14-11-23-19/h1-8,21-23H,9-16H2. The maximum atomic E-state index is 5.69. The summed E-state index contributed by atoms with van der Waals surface area (Å²) in [6, 6.07) is 17.2. The summed E-state index contributed by atoms with van der Waals surface area (Å²) < 4.78 is 5.69. The Morgan fingerprint density at radius 1 is 0.760 bits per heavy atom. The second-order valence-corrected chi connectivity index (χ2v) is 7.14. The first-order chi connectivity index (χ1) is 12.4. The number of hydrogen-bond acceptors (Lipinski definition) is 5. The zero-order chi connectivity index (χ0) is 17.2. The van der Waals surface area contributed by atoms with Crippen LogP contribution in [0.25, 0.3) is 0 Å². The lowest BCUT2D eigenvalue weighted by Gasteiger charge is -2.13. The van der Waals surface area contributed by atoms with Gasteiger partial charge in [-0.3, -0.25) is 0 Å². The number of fused-ring (bicyclic) bond motifs is 2. The molecule has 5 heteroatoms. The van der Waals surface area contributed by atoms with Crippen LogP contribution >= 0.6 is 11.8 Å². The van der Waals surface area contributed by atoms with Gasteiger partial charge in [-0.1, -0.05) is 36.4 Å². The minimum atomic E-state index is 0.740. The molecular formula is C20H27N3OS. The number of ether oxygens (including phenoxy) is 1. The molecule has 3 N–H and O–H groups in total. The van der Waals surface area contributed by atoms with Crippen LogP contribution in [-0.2, 0) is 17.8 Å². The van der Waals surface area contributed by atoms with Gasteiger partial charge in [0.25, 0.3) is 0 Å². The number of para-hydroxylation sites is 1. The molecule has 0 spiro atoms. The largest absolute Gasteiger partial charge is 0.384 e. The van der Waals surface area contributed by atoms with Crippen LogP contribution in [0.2, 0.25) is 0 Å². The second-order valence-electron chi connectivity index (χ2n) is 6.01. The Labute approximate surface area is 154 Å². The van der Waals surface area contributed by atoms with E-state index in [9.17, 15) is 0 Å². The van der Waals surface area contributed by atoms with Crippen molar-refractivity contribution in [2.75, 3.05) is 43.9 Å². The van der Waals surface area contributed by atoms with Crippen molar-refractivity contribution in [3.8, 4) is 0 Å². The van der Waals surface area contributed by atoms with Gasteiger partial charge < -0.3 is 20.7 Å². The van der Waals surface area contributed by atoms with Crippen LogP contribution in [0.3, 0.4) is 0 Å². The number of nitrogens with one attached hydrogen (secondary N) is 3. The highest BCUT2D eigenvalue weighted by atomic mass is 32.2. The zero-order valence-electron chi connectivity index (χ0n) is 14.6. The van der Waals surface area contributed by atoms with Crippen LogP contribution in [0.4, 0.5) is 5.69 Å². The van der Waals surface area contributed by atoms with E-state index in [4.69, 9.17) is 4.74 Å². The van der Waals surface area contributed by atoms with Crippen molar-refractivity contribution in [1.29, 1.82) is 0 Å². The van der Waals surface area contributed by atoms with Gasteiger partial charge in [0.15, 0.2) is 0 Å². The third-order valence-electron chi connectivity index (χ3n) is 4.14. The van der Waals surface area contributed by atoms with Crippen LogP contribution in [0.5, 0.6) is 0 Å². The number of rotatable bonds is 0. The molecule has 134 valence electrons. The number of hydrogen-bond donors (Lipinski definition) is 3. The Bertz CT molecular complexity index is 595. The molecule has 0 atom stereocenters. The Balaban J connectivity index is 1.64. The molecule has 1 aliphatic rings. The van der Waals surface area contributed by atoms with Crippen LogP contribution < -0.4 is 16.0 Å². The van der Waals surface area contributed by atoms with Crippen molar-refractivity contribution in [3.05, 3.63) is 59.7 Å². The van der Waals surface area contributed by atoms with E-state index in [1.165, 1.54) is 21.7 Å². The molecule has 4 nitrogen and oxygen atoms in total. The van der Waals surface area contributed by atoms with Crippen LogP contribution in [0, 0.1) is 0 Å². The highest BCUT2D eigenvalue weighted by Crippen LogP contribution is 2.23. The van der Waals surface area contributed by atoms with Crippen molar-refractivity contribution < 1.29 is 4.74 Å². The Kier molecular flexibility index (Phi) is 7.64. The minimum absolute atomic E-state index is 0.740. The number of benzene rings is 2.